The van der Waals surface area contributed by atoms with E-state index in [1.807, 2.05) is 0 Å². The Bertz CT molecular complexity index is 3140. The van der Waals surface area contributed by atoms with E-state index in [0.717, 1.165) is 47.3 Å². The molecule has 592 valence electrons. The molecular weight excluding hydrogens is 1400 g/mol. The molecule has 4 aliphatic rings. The average Bonchev–Trinajstić information content (AvgIpc) is 1.74. The standard InChI is InChI=1S/C63H104N16O26/c1-26(2)42(70-52(93)38-15-10-18-76(38)60(101)36(25-82)68-51(92)37-14-11-20-78(37)62(103)48(33(9)88)75-56(97)43(28(4)83)69-41(89)22-64)61(102)77-19-12-16-39(77)53(94)72-47(32(8)87)58(99)74-45(30(6)85)55(96)67-35(24-81)50(91)71-46(31(7)86)57(98)73-44(29(5)84)54(95)66-34(23-80)49(90)65-27(3)59(100)79-21-13-17-40(79)63(104)105/h26-40,42-48,80-88H,10-25,64H2,1-9H3,(H,65,90)(H,66,95)(H,67,96)(H,68,92)(H,69,89)(H,70,93)(H,71,91)(H,72,94)(H,73,98)(H,74,99)(H,75,97)(H,104,105)/t27-,28+,29+,30+,31+,32+,33+,34-,35-,36-,37-,38-,39-,40-,42-,43-,44-,45-,46-,47-,48-/m0/s1. The largest absolute Gasteiger partial charge is 0.480 e. The van der Waals surface area contributed by atoms with Crippen LogP contribution in [0.15, 0.2) is 0 Å². The van der Waals surface area contributed by atoms with Crippen molar-refractivity contribution in [3.63, 3.8) is 0 Å². The lowest BCUT2D eigenvalue weighted by molar-refractivity contribution is -0.149. The van der Waals surface area contributed by atoms with E-state index in [2.05, 4.69) is 58.5 Å². The number of aliphatic hydroxyl groups is 9. The summed E-state index contributed by atoms with van der Waals surface area (Å²) in [6.45, 7) is 6.90. The van der Waals surface area contributed by atoms with Crippen LogP contribution in [-0.2, 0) is 76.7 Å². The zero-order chi connectivity index (χ0) is 79.3. The van der Waals surface area contributed by atoms with Crippen molar-refractivity contribution in [2.75, 3.05) is 52.5 Å². The van der Waals surface area contributed by atoms with E-state index < -0.39 is 254 Å². The smallest absolute Gasteiger partial charge is 0.326 e. The summed E-state index contributed by atoms with van der Waals surface area (Å²) in [5.41, 5.74) is 5.33. The Kier molecular flexibility index (Phi) is 34.2. The molecule has 0 aromatic heterocycles. The van der Waals surface area contributed by atoms with E-state index in [1.54, 1.807) is 13.8 Å². The van der Waals surface area contributed by atoms with Gasteiger partial charge >= 0.3 is 5.97 Å². The summed E-state index contributed by atoms with van der Waals surface area (Å²) >= 11 is 0. The minimum Gasteiger partial charge on any atom is -0.480 e. The number of carbonyl (C=O) groups is 16. The number of hydrogen-bond donors (Lipinski definition) is 22. The van der Waals surface area contributed by atoms with Gasteiger partial charge in [0.15, 0.2) is 0 Å². The minimum absolute atomic E-state index is 0.0117. The fourth-order valence-corrected chi connectivity index (χ4v) is 12.4. The number of nitrogens with zero attached hydrogens (tertiary/aromatic N) is 4. The molecule has 0 aromatic carbocycles. The second kappa shape index (κ2) is 40.6. The first-order valence-corrected chi connectivity index (χ1v) is 34.6. The third-order valence-electron chi connectivity index (χ3n) is 18.3. The zero-order valence-corrected chi connectivity index (χ0v) is 59.9. The molecular formula is C63H104N16O26. The highest BCUT2D eigenvalue weighted by molar-refractivity contribution is 6.01. The van der Waals surface area contributed by atoms with Crippen molar-refractivity contribution in [1.29, 1.82) is 0 Å². The fraction of sp³-hybridized carbons (Fsp3) is 0.746. The molecule has 4 aliphatic heterocycles. The first-order valence-electron chi connectivity index (χ1n) is 34.6. The number of carbonyl (C=O) groups excluding carboxylic acids is 15. The van der Waals surface area contributed by atoms with Gasteiger partial charge in [0.2, 0.25) is 88.6 Å². The van der Waals surface area contributed by atoms with Gasteiger partial charge in [0, 0.05) is 26.2 Å². The maximum Gasteiger partial charge on any atom is 0.326 e. The molecule has 21 atom stereocenters. The third kappa shape index (κ3) is 23.6. The molecule has 15 amide bonds. The maximum atomic E-state index is 14.5. The normalized spacial score (nSPS) is 22.1. The van der Waals surface area contributed by atoms with Crippen LogP contribution < -0.4 is 64.2 Å². The number of nitrogens with two attached hydrogens (primary N) is 1. The Morgan fingerprint density at radius 1 is 0.333 bits per heavy atom. The number of likely N-dealkylation sites (tertiary alicyclic amines) is 4. The van der Waals surface area contributed by atoms with Gasteiger partial charge in [0.1, 0.15) is 90.6 Å². The molecule has 105 heavy (non-hydrogen) atoms. The van der Waals surface area contributed by atoms with E-state index in [9.17, 15) is 128 Å². The van der Waals surface area contributed by atoms with Crippen molar-refractivity contribution < 1.29 is 128 Å². The first-order chi connectivity index (χ1) is 49.2. The topological polar surface area (TPSA) is 647 Å². The van der Waals surface area contributed by atoms with Crippen molar-refractivity contribution in [3.05, 3.63) is 0 Å². The number of hydrogen-bond acceptors (Lipinski definition) is 26. The molecule has 0 aliphatic carbocycles. The summed E-state index contributed by atoms with van der Waals surface area (Å²) < 4.78 is 0. The predicted octanol–water partition coefficient (Wildman–Crippen LogP) is -12.7. The second-order valence-electron chi connectivity index (χ2n) is 26.9. The van der Waals surface area contributed by atoms with Gasteiger partial charge < -0.3 is 135 Å². The van der Waals surface area contributed by atoms with Gasteiger partial charge in [-0.1, -0.05) is 13.8 Å². The highest BCUT2D eigenvalue weighted by Gasteiger charge is 2.47. The Labute approximate surface area is 603 Å². The number of amides is 15. The molecule has 0 radical (unpaired) electrons. The molecule has 4 rings (SSSR count). The van der Waals surface area contributed by atoms with Crippen LogP contribution in [0.1, 0.15) is 114 Å². The lowest BCUT2D eigenvalue weighted by atomic mass is 10.0. The number of rotatable bonds is 37. The molecule has 42 nitrogen and oxygen atoms in total. The van der Waals surface area contributed by atoms with Gasteiger partial charge in [-0.25, -0.2) is 4.79 Å². The lowest BCUT2D eigenvalue weighted by Crippen LogP contribution is -2.65. The lowest BCUT2D eigenvalue weighted by Gasteiger charge is -2.34. The van der Waals surface area contributed by atoms with Crippen molar-refractivity contribution in [2.45, 2.75) is 241 Å². The van der Waals surface area contributed by atoms with Crippen LogP contribution in [0.25, 0.3) is 0 Å². The van der Waals surface area contributed by atoms with Crippen LogP contribution >= 0.6 is 0 Å². The Morgan fingerprint density at radius 3 is 0.971 bits per heavy atom. The Balaban J connectivity index is 1.39. The van der Waals surface area contributed by atoms with Crippen LogP contribution in [0.3, 0.4) is 0 Å². The monoisotopic (exact) mass is 1500 g/mol. The van der Waals surface area contributed by atoms with Crippen molar-refractivity contribution in [1.82, 2.24) is 78.1 Å². The number of carboxylic acid groups (broad SMARTS) is 1. The summed E-state index contributed by atoms with van der Waals surface area (Å²) in [6.07, 6.45) is -8.93. The van der Waals surface area contributed by atoms with Crippen molar-refractivity contribution >= 4 is 94.6 Å². The first kappa shape index (κ1) is 88.5. The van der Waals surface area contributed by atoms with Gasteiger partial charge in [-0.3, -0.25) is 71.9 Å². The summed E-state index contributed by atoms with van der Waals surface area (Å²) in [5.74, 6) is -17.9. The van der Waals surface area contributed by atoms with Gasteiger partial charge in [0.25, 0.3) is 0 Å². The van der Waals surface area contributed by atoms with Gasteiger partial charge in [0.05, 0.1) is 63.0 Å². The van der Waals surface area contributed by atoms with Gasteiger partial charge in [-0.15, -0.1) is 0 Å². The quantitative estimate of drug-likeness (QED) is 0.0275. The Hall–Kier alpha value is -8.88. The summed E-state index contributed by atoms with van der Waals surface area (Å²) in [5, 5.41) is 128. The van der Waals surface area contributed by atoms with Crippen molar-refractivity contribution in [2.24, 2.45) is 11.7 Å². The predicted molar refractivity (Wildman–Crippen MR) is 359 cm³/mol. The van der Waals surface area contributed by atoms with E-state index in [4.69, 9.17) is 5.73 Å². The van der Waals surface area contributed by atoms with E-state index in [1.165, 1.54) is 20.8 Å². The molecule has 42 heteroatoms. The molecule has 0 bridgehead atoms. The molecule has 4 saturated heterocycles. The van der Waals surface area contributed by atoms with Crippen LogP contribution in [-0.4, -0.2) is 345 Å². The number of aliphatic carboxylic acids is 1. The fourth-order valence-electron chi connectivity index (χ4n) is 12.4. The zero-order valence-electron chi connectivity index (χ0n) is 59.9. The van der Waals surface area contributed by atoms with Crippen LogP contribution in [0.2, 0.25) is 0 Å². The van der Waals surface area contributed by atoms with E-state index >= 15 is 0 Å². The van der Waals surface area contributed by atoms with Crippen LogP contribution in [0, 0.1) is 5.92 Å². The third-order valence-corrected chi connectivity index (χ3v) is 18.3. The summed E-state index contributed by atoms with van der Waals surface area (Å²) in [6, 6.07) is -24.6. The molecule has 0 aromatic rings. The molecule has 0 saturated carbocycles. The molecule has 0 spiro atoms. The number of nitrogens with one attached hydrogen (secondary N) is 11. The molecule has 23 N–H and O–H groups in total. The number of carboxylic acids is 1. The van der Waals surface area contributed by atoms with Gasteiger partial charge in [-0.2, -0.15) is 0 Å². The summed E-state index contributed by atoms with van der Waals surface area (Å²) in [4.78, 5) is 220. The molecule has 0 unspecified atom stereocenters. The van der Waals surface area contributed by atoms with E-state index in [0.29, 0.717) is 6.42 Å². The molecule has 4 fully saturated rings. The number of aliphatic hydroxyl groups excluding tert-OH is 9. The van der Waals surface area contributed by atoms with Crippen molar-refractivity contribution in [3.8, 4) is 0 Å². The molecule has 4 heterocycles. The average molecular weight is 1500 g/mol. The second-order valence-corrected chi connectivity index (χ2v) is 26.9. The van der Waals surface area contributed by atoms with Gasteiger partial charge in [-0.05, 0) is 106 Å². The minimum atomic E-state index is -2.05. The van der Waals surface area contributed by atoms with Crippen LogP contribution in [0.4, 0.5) is 0 Å². The van der Waals surface area contributed by atoms with E-state index in [-0.39, 0.29) is 71.1 Å². The summed E-state index contributed by atoms with van der Waals surface area (Å²) in [7, 11) is 0. The Morgan fingerprint density at radius 2 is 0.619 bits per heavy atom. The van der Waals surface area contributed by atoms with Crippen LogP contribution in [0.5, 0.6) is 0 Å². The highest BCUT2D eigenvalue weighted by atomic mass is 16.4. The SMILES string of the molecule is CC(C)[C@H](NC(=O)[C@@H]1CCCN1C(=O)[C@H](CO)NC(=O)[C@@H]1CCCN1C(=O)[C@@H](NC(=O)[C@@H](NC(=O)CN)[C@@H](C)O)[C@@H](C)O)C(=O)N1CCC[C@H]1C(=O)N[C@H](C(=O)N[C@H](C(=O)N[C@@H](CO)C(=O)N[C@H](C(=O)N[C@H](C(=O)N[C@@H](CO)C(=O)N[C@@H](C)C(=O)N1CCC[C@H]1C(=O)O)[C@@H](C)O)[C@@H](C)O)[C@@H](C)O)[C@@H](C)O. The maximum absolute atomic E-state index is 14.5. The highest BCUT2D eigenvalue weighted by Crippen LogP contribution is 2.25.